The molecule has 0 spiro atoms. The molecule has 2 N–H and O–H groups in total. The van der Waals surface area contributed by atoms with Gasteiger partial charge in [0.25, 0.3) is 0 Å². The number of aliphatic hydroxyl groups is 1. The Bertz CT molecular complexity index is 137. The van der Waals surface area contributed by atoms with Gasteiger partial charge < -0.3 is 10.4 Å². The summed E-state index contributed by atoms with van der Waals surface area (Å²) in [5.41, 5.74) is 1.13. The van der Waals surface area contributed by atoms with Crippen molar-refractivity contribution in [3.05, 3.63) is 23.9 Å². The van der Waals surface area contributed by atoms with Gasteiger partial charge in [0.2, 0.25) is 0 Å². The third-order valence-corrected chi connectivity index (χ3v) is 1.02. The van der Waals surface area contributed by atoms with Gasteiger partial charge in [-0.05, 0) is 18.6 Å². The van der Waals surface area contributed by atoms with Crippen LogP contribution in [0.15, 0.2) is 23.9 Å². The second-order valence-electron chi connectivity index (χ2n) is 1.86. The molecule has 0 amide bonds. The van der Waals surface area contributed by atoms with Gasteiger partial charge in [-0.15, -0.1) is 0 Å². The predicted molar refractivity (Wildman–Crippen MR) is 32.0 cm³/mol. The molecule has 1 aliphatic heterocycles. The SMILES string of the molecule is CC1=CNC(O)C=C1. The normalized spacial score (nSPS) is 26.8. The average molecular weight is 111 g/mol. The van der Waals surface area contributed by atoms with Gasteiger partial charge in [0.1, 0.15) is 6.23 Å². The summed E-state index contributed by atoms with van der Waals surface area (Å²) in [7, 11) is 0. The van der Waals surface area contributed by atoms with Crippen LogP contribution in [0.1, 0.15) is 6.92 Å². The minimum atomic E-state index is -0.487. The Kier molecular flexibility index (Phi) is 1.35. The van der Waals surface area contributed by atoms with E-state index in [0.29, 0.717) is 0 Å². The van der Waals surface area contributed by atoms with Crippen LogP contribution in [0, 0.1) is 0 Å². The summed E-state index contributed by atoms with van der Waals surface area (Å²) >= 11 is 0. The number of nitrogens with one attached hydrogen (secondary N) is 1. The topological polar surface area (TPSA) is 32.3 Å². The van der Waals surface area contributed by atoms with Crippen molar-refractivity contribution >= 4 is 0 Å². The van der Waals surface area contributed by atoms with Crippen molar-refractivity contribution in [1.82, 2.24) is 5.32 Å². The Balaban J connectivity index is 2.58. The molecule has 0 aromatic rings. The van der Waals surface area contributed by atoms with Gasteiger partial charge in [0.05, 0.1) is 0 Å². The van der Waals surface area contributed by atoms with E-state index in [-0.39, 0.29) is 0 Å². The molecule has 0 fully saturated rings. The van der Waals surface area contributed by atoms with E-state index in [1.54, 1.807) is 12.3 Å². The molecular weight excluding hydrogens is 102 g/mol. The highest BCUT2D eigenvalue weighted by Gasteiger charge is 1.96. The fourth-order valence-corrected chi connectivity index (χ4v) is 0.563. The van der Waals surface area contributed by atoms with E-state index < -0.39 is 6.23 Å². The lowest BCUT2D eigenvalue weighted by Crippen LogP contribution is -2.23. The molecule has 1 aliphatic rings. The fourth-order valence-electron chi connectivity index (χ4n) is 0.563. The molecule has 2 nitrogen and oxygen atoms in total. The van der Waals surface area contributed by atoms with Crippen molar-refractivity contribution in [3.63, 3.8) is 0 Å². The Labute approximate surface area is 48.5 Å². The summed E-state index contributed by atoms with van der Waals surface area (Å²) < 4.78 is 0. The van der Waals surface area contributed by atoms with Crippen LogP contribution in [-0.2, 0) is 0 Å². The van der Waals surface area contributed by atoms with Gasteiger partial charge in [-0.25, -0.2) is 0 Å². The van der Waals surface area contributed by atoms with Crippen molar-refractivity contribution in [1.29, 1.82) is 0 Å². The lowest BCUT2D eigenvalue weighted by molar-refractivity contribution is 0.200. The molecule has 0 saturated heterocycles. The van der Waals surface area contributed by atoms with E-state index in [4.69, 9.17) is 5.11 Å². The van der Waals surface area contributed by atoms with Crippen molar-refractivity contribution < 1.29 is 5.11 Å². The highest BCUT2D eigenvalue weighted by molar-refractivity contribution is 5.19. The molecule has 2 heteroatoms. The van der Waals surface area contributed by atoms with E-state index >= 15 is 0 Å². The Morgan fingerprint density at radius 2 is 2.50 bits per heavy atom. The molecule has 1 heterocycles. The quantitative estimate of drug-likeness (QED) is 0.473. The van der Waals surface area contributed by atoms with Crippen molar-refractivity contribution in [3.8, 4) is 0 Å². The summed E-state index contributed by atoms with van der Waals surface area (Å²) in [5, 5.41) is 11.5. The van der Waals surface area contributed by atoms with E-state index in [9.17, 15) is 0 Å². The first-order valence-corrected chi connectivity index (χ1v) is 2.58. The third-order valence-electron chi connectivity index (χ3n) is 1.02. The Morgan fingerprint density at radius 1 is 1.75 bits per heavy atom. The summed E-state index contributed by atoms with van der Waals surface area (Å²) in [6.07, 6.45) is 4.87. The molecule has 0 aromatic heterocycles. The molecule has 0 bridgehead atoms. The van der Waals surface area contributed by atoms with Gasteiger partial charge in [-0.3, -0.25) is 0 Å². The highest BCUT2D eigenvalue weighted by Crippen LogP contribution is 1.98. The van der Waals surface area contributed by atoms with Gasteiger partial charge >= 0.3 is 0 Å². The zero-order chi connectivity index (χ0) is 5.98. The molecule has 44 valence electrons. The Morgan fingerprint density at radius 3 is 2.88 bits per heavy atom. The van der Waals surface area contributed by atoms with Crippen LogP contribution in [0.5, 0.6) is 0 Å². The molecule has 8 heavy (non-hydrogen) atoms. The van der Waals surface area contributed by atoms with Crippen LogP contribution in [-0.4, -0.2) is 11.3 Å². The molecule has 0 radical (unpaired) electrons. The first-order chi connectivity index (χ1) is 3.79. The molecule has 1 atom stereocenters. The van der Waals surface area contributed by atoms with Crippen LogP contribution in [0.2, 0.25) is 0 Å². The van der Waals surface area contributed by atoms with Gasteiger partial charge in [0, 0.05) is 6.20 Å². The molecule has 1 unspecified atom stereocenters. The number of rotatable bonds is 0. The smallest absolute Gasteiger partial charge is 0.143 e. The molecule has 0 saturated carbocycles. The molecule has 0 aliphatic carbocycles. The summed E-state index contributed by atoms with van der Waals surface area (Å²) in [6.45, 7) is 1.97. The van der Waals surface area contributed by atoms with E-state index in [0.717, 1.165) is 5.57 Å². The lowest BCUT2D eigenvalue weighted by atomic mass is 10.2. The number of hydrogen-bond acceptors (Lipinski definition) is 2. The van der Waals surface area contributed by atoms with E-state index in [1.807, 2.05) is 13.0 Å². The van der Waals surface area contributed by atoms with Gasteiger partial charge in [0.15, 0.2) is 0 Å². The number of hydrogen-bond donors (Lipinski definition) is 2. The summed E-state index contributed by atoms with van der Waals surface area (Å²) in [5.74, 6) is 0. The maximum Gasteiger partial charge on any atom is 0.143 e. The largest absolute Gasteiger partial charge is 0.370 e. The van der Waals surface area contributed by atoms with E-state index in [1.165, 1.54) is 0 Å². The first-order valence-electron chi connectivity index (χ1n) is 2.58. The maximum absolute atomic E-state index is 8.78. The lowest BCUT2D eigenvalue weighted by Gasteiger charge is -2.09. The molecule has 0 aromatic carbocycles. The maximum atomic E-state index is 8.78. The first kappa shape index (κ1) is 5.38. The van der Waals surface area contributed by atoms with Crippen LogP contribution in [0.3, 0.4) is 0 Å². The molecule has 1 rings (SSSR count). The second-order valence-corrected chi connectivity index (χ2v) is 1.86. The van der Waals surface area contributed by atoms with Gasteiger partial charge in [-0.1, -0.05) is 6.08 Å². The summed E-state index contributed by atoms with van der Waals surface area (Å²) in [4.78, 5) is 0. The second kappa shape index (κ2) is 2.01. The third kappa shape index (κ3) is 1.10. The standard InChI is InChI=1S/C6H9NO/c1-5-2-3-6(8)7-4-5/h2-4,6-8H,1H3. The Hall–Kier alpha value is -0.760. The van der Waals surface area contributed by atoms with Gasteiger partial charge in [-0.2, -0.15) is 0 Å². The van der Waals surface area contributed by atoms with Crippen molar-refractivity contribution in [2.75, 3.05) is 0 Å². The van der Waals surface area contributed by atoms with Crippen molar-refractivity contribution in [2.45, 2.75) is 13.2 Å². The predicted octanol–water partition coefficient (Wildman–Crippen LogP) is 0.368. The van der Waals surface area contributed by atoms with E-state index in [2.05, 4.69) is 5.32 Å². The highest BCUT2D eigenvalue weighted by atomic mass is 16.3. The zero-order valence-electron chi connectivity index (χ0n) is 4.76. The number of allylic oxidation sites excluding steroid dienone is 2. The summed E-state index contributed by atoms with van der Waals surface area (Å²) in [6, 6.07) is 0. The minimum absolute atomic E-state index is 0.487. The van der Waals surface area contributed by atoms with Crippen LogP contribution in [0.4, 0.5) is 0 Å². The van der Waals surface area contributed by atoms with Crippen LogP contribution in [0.25, 0.3) is 0 Å². The average Bonchev–Trinajstić information content (AvgIpc) is 1.77. The van der Waals surface area contributed by atoms with Crippen LogP contribution < -0.4 is 5.32 Å². The fraction of sp³-hybridized carbons (Fsp3) is 0.333. The minimum Gasteiger partial charge on any atom is -0.370 e. The number of aliphatic hydroxyl groups excluding tert-OH is 1. The molecular formula is C6H9NO. The van der Waals surface area contributed by atoms with Crippen LogP contribution >= 0.6 is 0 Å². The monoisotopic (exact) mass is 111 g/mol. The number of dihydropyridines is 1. The zero-order valence-corrected chi connectivity index (χ0v) is 4.76. The van der Waals surface area contributed by atoms with Crippen molar-refractivity contribution in [2.24, 2.45) is 0 Å².